The van der Waals surface area contributed by atoms with Gasteiger partial charge in [-0.25, -0.2) is 9.97 Å². The first-order chi connectivity index (χ1) is 9.22. The summed E-state index contributed by atoms with van der Waals surface area (Å²) in [7, 11) is 1.99. The predicted octanol–water partition coefficient (Wildman–Crippen LogP) is 1.97. The third-order valence-electron chi connectivity index (χ3n) is 3.21. The highest BCUT2D eigenvalue weighted by Crippen LogP contribution is 2.38. The molecule has 3 rings (SSSR count). The van der Waals surface area contributed by atoms with Gasteiger partial charge in [0.15, 0.2) is 0 Å². The number of hydrogen-bond donors (Lipinski definition) is 1. The Morgan fingerprint density at radius 1 is 1.32 bits per heavy atom. The second kappa shape index (κ2) is 4.84. The lowest BCUT2D eigenvalue weighted by molar-refractivity contribution is 0.838. The van der Waals surface area contributed by atoms with E-state index in [1.54, 1.807) is 6.20 Å². The number of nitrogens with zero attached hydrogens (tertiary/aromatic N) is 4. The molecule has 5 nitrogen and oxygen atoms in total. The fourth-order valence-corrected chi connectivity index (χ4v) is 2.01. The maximum atomic E-state index is 5.86. The SMILES string of the molecule is CN(Cc1ccccn1)c1cc(N)nc(C2CC2)n1. The Balaban J connectivity index is 1.81. The molecule has 19 heavy (non-hydrogen) atoms. The minimum atomic E-state index is 0.505. The van der Waals surface area contributed by atoms with Gasteiger partial charge in [0.2, 0.25) is 0 Å². The molecule has 1 fully saturated rings. The monoisotopic (exact) mass is 255 g/mol. The highest BCUT2D eigenvalue weighted by Gasteiger charge is 2.27. The molecule has 2 N–H and O–H groups in total. The van der Waals surface area contributed by atoms with E-state index in [9.17, 15) is 0 Å². The van der Waals surface area contributed by atoms with E-state index in [1.165, 1.54) is 12.8 Å². The molecular formula is C14H17N5. The normalized spacial score (nSPS) is 14.4. The Labute approximate surface area is 112 Å². The zero-order valence-electron chi connectivity index (χ0n) is 11.0. The molecule has 2 heterocycles. The van der Waals surface area contributed by atoms with Crippen LogP contribution in [0.5, 0.6) is 0 Å². The number of nitrogen functional groups attached to an aromatic ring is 1. The average molecular weight is 255 g/mol. The first kappa shape index (κ1) is 11.9. The van der Waals surface area contributed by atoms with Gasteiger partial charge >= 0.3 is 0 Å². The van der Waals surface area contributed by atoms with Crippen LogP contribution in [0.15, 0.2) is 30.5 Å². The van der Waals surface area contributed by atoms with E-state index < -0.39 is 0 Å². The maximum Gasteiger partial charge on any atom is 0.136 e. The molecule has 0 spiro atoms. The van der Waals surface area contributed by atoms with Crippen molar-refractivity contribution in [3.63, 3.8) is 0 Å². The second-order valence-electron chi connectivity index (χ2n) is 4.96. The average Bonchev–Trinajstić information content (AvgIpc) is 3.23. The van der Waals surface area contributed by atoms with Gasteiger partial charge in [-0.15, -0.1) is 0 Å². The summed E-state index contributed by atoms with van der Waals surface area (Å²) in [5.41, 5.74) is 6.87. The summed E-state index contributed by atoms with van der Waals surface area (Å²) in [6.45, 7) is 0.710. The van der Waals surface area contributed by atoms with E-state index in [0.29, 0.717) is 18.3 Å². The molecule has 5 heteroatoms. The molecule has 0 saturated heterocycles. The molecule has 1 aliphatic rings. The predicted molar refractivity (Wildman–Crippen MR) is 74.8 cm³/mol. The number of pyridine rings is 1. The standard InChI is InChI=1S/C14H17N5/c1-19(9-11-4-2-3-7-16-11)13-8-12(15)17-14(18-13)10-5-6-10/h2-4,7-8,10H,5-6,9H2,1H3,(H2,15,17,18). The Hall–Kier alpha value is -2.17. The summed E-state index contributed by atoms with van der Waals surface area (Å²) >= 11 is 0. The van der Waals surface area contributed by atoms with Gasteiger partial charge in [-0.1, -0.05) is 6.07 Å². The zero-order valence-corrected chi connectivity index (χ0v) is 11.0. The van der Waals surface area contributed by atoms with Crippen LogP contribution in [0.4, 0.5) is 11.6 Å². The Kier molecular flexibility index (Phi) is 3.03. The molecule has 2 aromatic rings. The maximum absolute atomic E-state index is 5.86. The molecule has 0 aromatic carbocycles. The van der Waals surface area contributed by atoms with Crippen molar-refractivity contribution in [2.75, 3.05) is 17.7 Å². The third kappa shape index (κ3) is 2.81. The summed E-state index contributed by atoms with van der Waals surface area (Å²) in [5.74, 6) is 2.79. The van der Waals surface area contributed by atoms with Crippen LogP contribution in [0, 0.1) is 0 Å². The van der Waals surface area contributed by atoms with E-state index >= 15 is 0 Å². The highest BCUT2D eigenvalue weighted by atomic mass is 15.2. The van der Waals surface area contributed by atoms with Crippen LogP contribution in [0.1, 0.15) is 30.3 Å². The van der Waals surface area contributed by atoms with E-state index in [0.717, 1.165) is 17.3 Å². The van der Waals surface area contributed by atoms with E-state index in [1.807, 2.05) is 36.2 Å². The molecule has 0 radical (unpaired) electrons. The fraction of sp³-hybridized carbons (Fsp3) is 0.357. The highest BCUT2D eigenvalue weighted by molar-refractivity contribution is 5.47. The van der Waals surface area contributed by atoms with Crippen molar-refractivity contribution >= 4 is 11.6 Å². The van der Waals surface area contributed by atoms with E-state index in [4.69, 9.17) is 5.73 Å². The molecule has 0 bridgehead atoms. The first-order valence-corrected chi connectivity index (χ1v) is 6.48. The van der Waals surface area contributed by atoms with Crippen molar-refractivity contribution in [2.24, 2.45) is 0 Å². The Morgan fingerprint density at radius 3 is 2.84 bits per heavy atom. The molecule has 0 unspecified atom stereocenters. The molecule has 1 aliphatic carbocycles. The molecule has 1 saturated carbocycles. The number of aromatic nitrogens is 3. The third-order valence-corrected chi connectivity index (χ3v) is 3.21. The van der Waals surface area contributed by atoms with Crippen molar-refractivity contribution in [1.29, 1.82) is 0 Å². The van der Waals surface area contributed by atoms with Crippen molar-refractivity contribution in [1.82, 2.24) is 15.0 Å². The minimum Gasteiger partial charge on any atom is -0.384 e. The molecule has 0 aliphatic heterocycles. The lowest BCUT2D eigenvalue weighted by atomic mass is 10.3. The zero-order chi connectivity index (χ0) is 13.2. The van der Waals surface area contributed by atoms with Gasteiger partial charge < -0.3 is 10.6 Å². The van der Waals surface area contributed by atoms with Crippen LogP contribution in [-0.2, 0) is 6.54 Å². The number of nitrogens with two attached hydrogens (primary N) is 1. The van der Waals surface area contributed by atoms with Gasteiger partial charge in [-0.2, -0.15) is 0 Å². The first-order valence-electron chi connectivity index (χ1n) is 6.48. The molecule has 98 valence electrons. The summed E-state index contributed by atoms with van der Waals surface area (Å²) in [4.78, 5) is 15.3. The molecule has 0 atom stereocenters. The number of hydrogen-bond acceptors (Lipinski definition) is 5. The van der Waals surface area contributed by atoms with Crippen LogP contribution < -0.4 is 10.6 Å². The van der Waals surface area contributed by atoms with Crippen LogP contribution in [0.3, 0.4) is 0 Å². The van der Waals surface area contributed by atoms with Crippen molar-refractivity contribution < 1.29 is 0 Å². The Morgan fingerprint density at radius 2 is 2.16 bits per heavy atom. The molecule has 2 aromatic heterocycles. The van der Waals surface area contributed by atoms with Crippen LogP contribution >= 0.6 is 0 Å². The van der Waals surface area contributed by atoms with Crippen LogP contribution in [0.2, 0.25) is 0 Å². The number of anilines is 2. The van der Waals surface area contributed by atoms with E-state index in [2.05, 4.69) is 15.0 Å². The van der Waals surface area contributed by atoms with Crippen LogP contribution in [0.25, 0.3) is 0 Å². The topological polar surface area (TPSA) is 67.9 Å². The largest absolute Gasteiger partial charge is 0.384 e. The Bertz CT molecular complexity index is 565. The van der Waals surface area contributed by atoms with Crippen molar-refractivity contribution in [2.45, 2.75) is 25.3 Å². The van der Waals surface area contributed by atoms with Gasteiger partial charge in [-0.3, -0.25) is 4.98 Å². The van der Waals surface area contributed by atoms with Gasteiger partial charge in [0, 0.05) is 25.2 Å². The van der Waals surface area contributed by atoms with Gasteiger partial charge in [0.1, 0.15) is 17.5 Å². The summed E-state index contributed by atoms with van der Waals surface area (Å²) in [6.07, 6.45) is 4.15. The summed E-state index contributed by atoms with van der Waals surface area (Å²) in [6, 6.07) is 7.72. The lowest BCUT2D eigenvalue weighted by Crippen LogP contribution is -2.19. The van der Waals surface area contributed by atoms with Crippen molar-refractivity contribution in [3.8, 4) is 0 Å². The van der Waals surface area contributed by atoms with Gasteiger partial charge in [0.05, 0.1) is 12.2 Å². The minimum absolute atomic E-state index is 0.505. The summed E-state index contributed by atoms with van der Waals surface area (Å²) in [5, 5.41) is 0. The quantitative estimate of drug-likeness (QED) is 0.904. The smallest absolute Gasteiger partial charge is 0.136 e. The second-order valence-corrected chi connectivity index (χ2v) is 4.96. The van der Waals surface area contributed by atoms with Gasteiger partial charge in [0.25, 0.3) is 0 Å². The number of rotatable bonds is 4. The summed E-state index contributed by atoms with van der Waals surface area (Å²) < 4.78 is 0. The fourth-order valence-electron chi connectivity index (χ4n) is 2.01. The van der Waals surface area contributed by atoms with E-state index in [-0.39, 0.29) is 0 Å². The van der Waals surface area contributed by atoms with Gasteiger partial charge in [-0.05, 0) is 25.0 Å². The molecule has 0 amide bonds. The molecular weight excluding hydrogens is 238 g/mol. The van der Waals surface area contributed by atoms with Crippen molar-refractivity contribution in [3.05, 3.63) is 42.0 Å². The lowest BCUT2D eigenvalue weighted by Gasteiger charge is -2.18. The van der Waals surface area contributed by atoms with Crippen LogP contribution in [-0.4, -0.2) is 22.0 Å².